The van der Waals surface area contributed by atoms with Gasteiger partial charge in [-0.1, -0.05) is 13.8 Å². The van der Waals surface area contributed by atoms with E-state index in [9.17, 15) is 0 Å². The van der Waals surface area contributed by atoms with Crippen molar-refractivity contribution >= 4 is 16.3 Å². The minimum atomic E-state index is 0.445. The molecule has 0 saturated carbocycles. The molecule has 0 fully saturated rings. The Labute approximate surface area is 115 Å². The van der Waals surface area contributed by atoms with Crippen LogP contribution in [0.3, 0.4) is 0 Å². The summed E-state index contributed by atoms with van der Waals surface area (Å²) in [5, 5.41) is 5.52. The molecule has 0 spiro atoms. The molecule has 5 nitrogen and oxygen atoms in total. The molecule has 0 atom stereocenters. The van der Waals surface area contributed by atoms with E-state index in [1.807, 2.05) is 23.9 Å². The van der Waals surface area contributed by atoms with Crippen molar-refractivity contribution in [1.82, 2.24) is 24.3 Å². The van der Waals surface area contributed by atoms with Crippen molar-refractivity contribution in [1.29, 1.82) is 0 Å². The monoisotopic (exact) mass is 275 g/mol. The Balaban J connectivity index is 2.10. The smallest absolute Gasteiger partial charge is 0.195 e. The second-order valence-corrected chi connectivity index (χ2v) is 5.69. The number of hydrogen-bond acceptors (Lipinski definition) is 4. The molecule has 6 heteroatoms. The van der Waals surface area contributed by atoms with E-state index in [-0.39, 0.29) is 0 Å². The summed E-state index contributed by atoms with van der Waals surface area (Å²) in [7, 11) is 0. The predicted molar refractivity (Wildman–Crippen MR) is 76.9 cm³/mol. The van der Waals surface area contributed by atoms with Gasteiger partial charge in [-0.15, -0.1) is 11.3 Å². The van der Waals surface area contributed by atoms with Crippen LogP contribution in [0.4, 0.5) is 0 Å². The van der Waals surface area contributed by atoms with Crippen molar-refractivity contribution in [3.8, 4) is 5.82 Å². The fraction of sp³-hybridized carbons (Fsp3) is 0.385. The van der Waals surface area contributed by atoms with Crippen LogP contribution in [0.5, 0.6) is 0 Å². The number of thiazole rings is 1. The molecule has 1 N–H and O–H groups in total. The molecule has 3 heterocycles. The van der Waals surface area contributed by atoms with Gasteiger partial charge in [0.1, 0.15) is 5.82 Å². The van der Waals surface area contributed by atoms with Crippen LogP contribution >= 0.6 is 11.3 Å². The van der Waals surface area contributed by atoms with Crippen LogP contribution in [0.2, 0.25) is 0 Å². The lowest BCUT2D eigenvalue weighted by molar-refractivity contribution is 0.578. The Hall–Kier alpha value is -1.66. The number of imidazole rings is 2. The van der Waals surface area contributed by atoms with Crippen molar-refractivity contribution < 1.29 is 0 Å². The molecule has 0 saturated heterocycles. The molecule has 3 aromatic rings. The van der Waals surface area contributed by atoms with Crippen molar-refractivity contribution in [3.05, 3.63) is 35.5 Å². The van der Waals surface area contributed by atoms with Crippen molar-refractivity contribution in [2.75, 3.05) is 0 Å². The van der Waals surface area contributed by atoms with E-state index in [0.29, 0.717) is 6.04 Å². The molecule has 100 valence electrons. The van der Waals surface area contributed by atoms with E-state index in [4.69, 9.17) is 4.98 Å². The van der Waals surface area contributed by atoms with Gasteiger partial charge in [-0.25, -0.2) is 9.97 Å². The van der Waals surface area contributed by atoms with Gasteiger partial charge in [0.05, 0.1) is 5.69 Å². The molecule has 3 rings (SSSR count). The Kier molecular flexibility index (Phi) is 3.12. The van der Waals surface area contributed by atoms with Crippen LogP contribution in [0, 0.1) is 6.92 Å². The third-order valence-electron chi connectivity index (χ3n) is 3.07. The second kappa shape index (κ2) is 4.79. The maximum Gasteiger partial charge on any atom is 0.195 e. The highest BCUT2D eigenvalue weighted by molar-refractivity contribution is 7.15. The number of aryl methyl sites for hydroxylation is 1. The standard InChI is InChI=1S/C13H17N5S/c1-9(2)15-8-11-12(17-5-4-14-10(17)3)16-13-18(11)6-7-19-13/h4-7,9,15H,8H2,1-3H3. The van der Waals surface area contributed by atoms with E-state index in [2.05, 4.69) is 40.1 Å². The third kappa shape index (κ3) is 2.17. The van der Waals surface area contributed by atoms with Crippen molar-refractivity contribution in [3.63, 3.8) is 0 Å². The van der Waals surface area contributed by atoms with Gasteiger partial charge in [0.2, 0.25) is 0 Å². The number of fused-ring (bicyclic) bond motifs is 1. The summed E-state index contributed by atoms with van der Waals surface area (Å²) in [4.78, 5) is 10.0. The molecule has 19 heavy (non-hydrogen) atoms. The zero-order valence-corrected chi connectivity index (χ0v) is 12.1. The van der Waals surface area contributed by atoms with Gasteiger partial charge in [0.15, 0.2) is 10.8 Å². The van der Waals surface area contributed by atoms with Gasteiger partial charge in [-0.3, -0.25) is 8.97 Å². The van der Waals surface area contributed by atoms with Crippen LogP contribution in [-0.2, 0) is 6.54 Å². The Morgan fingerprint density at radius 3 is 2.89 bits per heavy atom. The highest BCUT2D eigenvalue weighted by Gasteiger charge is 2.15. The SMILES string of the molecule is Cc1nccn1-c1nc2sccn2c1CNC(C)C. The normalized spacial score (nSPS) is 11.8. The average Bonchev–Trinajstić information content (AvgIpc) is 3.01. The minimum absolute atomic E-state index is 0.445. The van der Waals surface area contributed by atoms with Gasteiger partial charge < -0.3 is 5.32 Å². The van der Waals surface area contributed by atoms with Crippen molar-refractivity contribution in [2.24, 2.45) is 0 Å². The van der Waals surface area contributed by atoms with Gasteiger partial charge in [0.25, 0.3) is 0 Å². The topological polar surface area (TPSA) is 47.2 Å². The molecule has 0 radical (unpaired) electrons. The lowest BCUT2D eigenvalue weighted by Crippen LogP contribution is -2.23. The van der Waals surface area contributed by atoms with Crippen LogP contribution < -0.4 is 5.32 Å². The van der Waals surface area contributed by atoms with Gasteiger partial charge >= 0.3 is 0 Å². The van der Waals surface area contributed by atoms with E-state index >= 15 is 0 Å². The summed E-state index contributed by atoms with van der Waals surface area (Å²) in [6, 6.07) is 0.445. The zero-order chi connectivity index (χ0) is 13.4. The minimum Gasteiger partial charge on any atom is -0.309 e. The van der Waals surface area contributed by atoms with Crippen LogP contribution in [0.25, 0.3) is 10.8 Å². The molecule has 0 bridgehead atoms. The first-order valence-electron chi connectivity index (χ1n) is 6.35. The summed E-state index contributed by atoms with van der Waals surface area (Å²) < 4.78 is 4.19. The number of rotatable bonds is 4. The highest BCUT2D eigenvalue weighted by atomic mass is 32.1. The Bertz CT molecular complexity index is 691. The second-order valence-electron chi connectivity index (χ2n) is 4.82. The van der Waals surface area contributed by atoms with Crippen LogP contribution in [0.15, 0.2) is 24.0 Å². The maximum atomic E-state index is 4.72. The molecule has 3 aromatic heterocycles. The molecule has 0 unspecified atom stereocenters. The van der Waals surface area contributed by atoms with Gasteiger partial charge in [-0.05, 0) is 6.92 Å². The summed E-state index contributed by atoms with van der Waals surface area (Å²) >= 11 is 1.65. The number of nitrogens with zero attached hydrogens (tertiary/aromatic N) is 4. The average molecular weight is 275 g/mol. The maximum absolute atomic E-state index is 4.72. The number of nitrogens with one attached hydrogen (secondary N) is 1. The summed E-state index contributed by atoms with van der Waals surface area (Å²) in [5.74, 6) is 1.92. The zero-order valence-electron chi connectivity index (χ0n) is 11.3. The molecular formula is C13H17N5S. The lowest BCUT2D eigenvalue weighted by Gasteiger charge is -2.10. The van der Waals surface area contributed by atoms with Crippen LogP contribution in [0.1, 0.15) is 25.4 Å². The fourth-order valence-corrected chi connectivity index (χ4v) is 2.81. The Morgan fingerprint density at radius 1 is 1.37 bits per heavy atom. The van der Waals surface area contributed by atoms with Crippen molar-refractivity contribution in [2.45, 2.75) is 33.4 Å². The quantitative estimate of drug-likeness (QED) is 0.795. The van der Waals surface area contributed by atoms with Gasteiger partial charge in [0, 0.05) is 36.6 Å². The summed E-state index contributed by atoms with van der Waals surface area (Å²) in [6.45, 7) is 7.08. The molecule has 0 amide bonds. The van der Waals surface area contributed by atoms with E-state index in [1.54, 1.807) is 11.3 Å². The summed E-state index contributed by atoms with van der Waals surface area (Å²) in [5.41, 5.74) is 1.17. The number of hydrogen-bond donors (Lipinski definition) is 1. The molecule has 0 aliphatic heterocycles. The first kappa shape index (κ1) is 12.4. The first-order chi connectivity index (χ1) is 9.16. The van der Waals surface area contributed by atoms with E-state index < -0.39 is 0 Å². The largest absolute Gasteiger partial charge is 0.309 e. The predicted octanol–water partition coefficient (Wildman–Crippen LogP) is 2.39. The van der Waals surface area contributed by atoms with Gasteiger partial charge in [-0.2, -0.15) is 0 Å². The third-order valence-corrected chi connectivity index (χ3v) is 3.83. The molecule has 0 aliphatic rings. The first-order valence-corrected chi connectivity index (χ1v) is 7.23. The fourth-order valence-electron chi connectivity index (χ4n) is 2.08. The lowest BCUT2D eigenvalue weighted by atomic mass is 10.3. The van der Waals surface area contributed by atoms with E-state index in [1.165, 1.54) is 5.69 Å². The number of aromatic nitrogens is 4. The molecule has 0 aromatic carbocycles. The highest BCUT2D eigenvalue weighted by Crippen LogP contribution is 2.21. The van der Waals surface area contributed by atoms with E-state index in [0.717, 1.165) is 23.1 Å². The summed E-state index contributed by atoms with van der Waals surface area (Å²) in [6.07, 6.45) is 5.84. The van der Waals surface area contributed by atoms with Crippen LogP contribution in [-0.4, -0.2) is 25.0 Å². The molecular weight excluding hydrogens is 258 g/mol. The Morgan fingerprint density at radius 2 is 2.21 bits per heavy atom. The molecule has 0 aliphatic carbocycles.